The Morgan fingerprint density at radius 1 is 1.41 bits per heavy atom. The lowest BCUT2D eigenvalue weighted by atomic mass is 10.1. The van der Waals surface area contributed by atoms with E-state index in [4.69, 9.17) is 15.0 Å². The number of hydrogen-bond donors (Lipinski definition) is 1. The molecule has 0 aromatic carbocycles. The minimum absolute atomic E-state index is 0.295. The van der Waals surface area contributed by atoms with Gasteiger partial charge in [-0.25, -0.2) is 4.98 Å². The highest BCUT2D eigenvalue weighted by Crippen LogP contribution is 2.25. The van der Waals surface area contributed by atoms with Crippen LogP contribution in [0, 0.1) is 0 Å². The van der Waals surface area contributed by atoms with Crippen LogP contribution in [0.1, 0.15) is 19.7 Å². The minimum Gasteiger partial charge on any atom is -0.397 e. The Balaban J connectivity index is 2.40. The molecule has 0 atom stereocenters. The summed E-state index contributed by atoms with van der Waals surface area (Å²) < 4.78 is 10.4. The van der Waals surface area contributed by atoms with Gasteiger partial charge < -0.3 is 15.0 Å². The number of anilines is 1. The third-order valence-electron chi connectivity index (χ3n) is 2.52. The van der Waals surface area contributed by atoms with Crippen LogP contribution in [0.3, 0.4) is 0 Å². The Morgan fingerprint density at radius 2 is 2.18 bits per heavy atom. The monoisotopic (exact) mass is 234 g/mol. The van der Waals surface area contributed by atoms with Crippen LogP contribution in [0.15, 0.2) is 22.9 Å². The predicted molar refractivity (Wildman–Crippen MR) is 62.0 cm³/mol. The molecule has 0 aliphatic carbocycles. The summed E-state index contributed by atoms with van der Waals surface area (Å²) in [5.74, 6) is 0.753. The Morgan fingerprint density at radius 3 is 2.82 bits per heavy atom. The van der Waals surface area contributed by atoms with E-state index in [-0.39, 0.29) is 0 Å². The summed E-state index contributed by atoms with van der Waals surface area (Å²) in [5.41, 5.74) is 6.16. The van der Waals surface area contributed by atoms with Crippen molar-refractivity contribution in [2.75, 3.05) is 12.8 Å². The highest BCUT2D eigenvalue weighted by atomic mass is 16.5. The lowest BCUT2D eigenvalue weighted by Gasteiger charge is -2.17. The van der Waals surface area contributed by atoms with Gasteiger partial charge in [0.15, 0.2) is 5.69 Å². The van der Waals surface area contributed by atoms with Crippen molar-refractivity contribution in [1.82, 2.24) is 15.1 Å². The standard InChI is InChI=1S/C11H14N4O2/c1-11(2,16-3)10-14-9(17-15-10)8-7(12)5-4-6-13-8/h4-6H,12H2,1-3H3. The van der Waals surface area contributed by atoms with E-state index in [1.165, 1.54) is 0 Å². The molecule has 0 fully saturated rings. The zero-order chi connectivity index (χ0) is 12.5. The van der Waals surface area contributed by atoms with Gasteiger partial charge in [-0.1, -0.05) is 5.16 Å². The molecule has 2 rings (SSSR count). The van der Waals surface area contributed by atoms with Gasteiger partial charge in [-0.3, -0.25) is 0 Å². The molecular formula is C11H14N4O2. The average Bonchev–Trinajstić information content (AvgIpc) is 2.79. The molecule has 6 heteroatoms. The minimum atomic E-state index is -0.606. The van der Waals surface area contributed by atoms with Crippen LogP contribution in [0.5, 0.6) is 0 Å². The number of pyridine rings is 1. The van der Waals surface area contributed by atoms with Gasteiger partial charge in [-0.15, -0.1) is 0 Å². The largest absolute Gasteiger partial charge is 0.397 e. The average molecular weight is 234 g/mol. The highest BCUT2D eigenvalue weighted by molar-refractivity contribution is 5.65. The van der Waals surface area contributed by atoms with Crippen LogP contribution in [-0.2, 0) is 10.3 Å². The molecule has 0 radical (unpaired) electrons. The number of nitrogen functional groups attached to an aromatic ring is 1. The number of rotatable bonds is 3. The van der Waals surface area contributed by atoms with Crippen molar-refractivity contribution < 1.29 is 9.26 Å². The molecule has 2 aromatic heterocycles. The summed E-state index contributed by atoms with van der Waals surface area (Å²) in [6.07, 6.45) is 1.62. The SMILES string of the molecule is COC(C)(C)c1noc(-c2ncccc2N)n1. The van der Waals surface area contributed by atoms with Gasteiger partial charge in [0.1, 0.15) is 5.60 Å². The van der Waals surface area contributed by atoms with Gasteiger partial charge in [0.05, 0.1) is 5.69 Å². The molecule has 0 aliphatic rings. The van der Waals surface area contributed by atoms with Crippen LogP contribution in [0.2, 0.25) is 0 Å². The molecule has 2 heterocycles. The molecule has 90 valence electrons. The first kappa shape index (κ1) is 11.5. The molecule has 0 bridgehead atoms. The van der Waals surface area contributed by atoms with Crippen molar-refractivity contribution in [1.29, 1.82) is 0 Å². The summed E-state index contributed by atoms with van der Waals surface area (Å²) in [6.45, 7) is 3.70. The second-order valence-corrected chi connectivity index (χ2v) is 4.08. The van der Waals surface area contributed by atoms with Gasteiger partial charge in [0, 0.05) is 13.3 Å². The van der Waals surface area contributed by atoms with Crippen LogP contribution in [0.4, 0.5) is 5.69 Å². The van der Waals surface area contributed by atoms with Crippen LogP contribution in [0.25, 0.3) is 11.6 Å². The van der Waals surface area contributed by atoms with Gasteiger partial charge in [0.2, 0.25) is 5.82 Å². The fourth-order valence-corrected chi connectivity index (χ4v) is 1.25. The smallest absolute Gasteiger partial charge is 0.278 e. The lowest BCUT2D eigenvalue weighted by Crippen LogP contribution is -2.21. The summed E-state index contributed by atoms with van der Waals surface area (Å²) in [5, 5.41) is 3.87. The molecule has 17 heavy (non-hydrogen) atoms. The Hall–Kier alpha value is -1.95. The molecule has 0 spiro atoms. The van der Waals surface area contributed by atoms with Gasteiger partial charge in [-0.2, -0.15) is 4.98 Å². The van der Waals surface area contributed by atoms with E-state index in [9.17, 15) is 0 Å². The first-order valence-corrected chi connectivity index (χ1v) is 5.15. The lowest BCUT2D eigenvalue weighted by molar-refractivity contribution is 0.00973. The van der Waals surface area contributed by atoms with Crippen LogP contribution < -0.4 is 5.73 Å². The van der Waals surface area contributed by atoms with Crippen molar-refractivity contribution in [3.8, 4) is 11.6 Å². The van der Waals surface area contributed by atoms with E-state index >= 15 is 0 Å². The first-order chi connectivity index (χ1) is 8.04. The fourth-order valence-electron chi connectivity index (χ4n) is 1.25. The third kappa shape index (κ3) is 2.12. The molecule has 0 saturated carbocycles. The van der Waals surface area contributed by atoms with E-state index in [1.807, 2.05) is 13.8 Å². The molecule has 0 unspecified atom stereocenters. The van der Waals surface area contributed by atoms with E-state index < -0.39 is 5.60 Å². The first-order valence-electron chi connectivity index (χ1n) is 5.15. The van der Waals surface area contributed by atoms with E-state index in [0.717, 1.165) is 0 Å². The number of nitrogens with zero attached hydrogens (tertiary/aromatic N) is 3. The zero-order valence-corrected chi connectivity index (χ0v) is 9.97. The Labute approximate surface area is 98.8 Å². The fraction of sp³-hybridized carbons (Fsp3) is 0.364. The number of hydrogen-bond acceptors (Lipinski definition) is 6. The number of nitrogens with two attached hydrogens (primary N) is 1. The normalized spacial score (nSPS) is 11.7. The van der Waals surface area contributed by atoms with Gasteiger partial charge >= 0.3 is 0 Å². The van der Waals surface area contributed by atoms with Crippen LogP contribution in [-0.4, -0.2) is 22.2 Å². The molecule has 2 aromatic rings. The maximum Gasteiger partial charge on any atom is 0.278 e. The molecule has 0 aliphatic heterocycles. The van der Waals surface area contributed by atoms with Crippen LogP contribution >= 0.6 is 0 Å². The van der Waals surface area contributed by atoms with Gasteiger partial charge in [0.25, 0.3) is 5.89 Å². The second kappa shape index (κ2) is 4.14. The highest BCUT2D eigenvalue weighted by Gasteiger charge is 2.27. The topological polar surface area (TPSA) is 87.1 Å². The van der Waals surface area contributed by atoms with Crippen molar-refractivity contribution in [3.63, 3.8) is 0 Å². The third-order valence-corrected chi connectivity index (χ3v) is 2.52. The summed E-state index contributed by atoms with van der Waals surface area (Å²) in [7, 11) is 1.59. The Kier molecular flexibility index (Phi) is 2.81. The molecule has 0 saturated heterocycles. The summed E-state index contributed by atoms with van der Waals surface area (Å²) in [6, 6.07) is 3.48. The summed E-state index contributed by atoms with van der Waals surface area (Å²) in [4.78, 5) is 8.35. The predicted octanol–water partition coefficient (Wildman–Crippen LogP) is 1.60. The van der Waals surface area contributed by atoms with Crippen molar-refractivity contribution in [3.05, 3.63) is 24.2 Å². The summed E-state index contributed by atoms with van der Waals surface area (Å²) >= 11 is 0. The van der Waals surface area contributed by atoms with Crippen molar-refractivity contribution >= 4 is 5.69 Å². The number of ether oxygens (including phenoxy) is 1. The zero-order valence-electron chi connectivity index (χ0n) is 9.97. The Bertz CT molecular complexity index is 522. The van der Waals surface area contributed by atoms with E-state index in [0.29, 0.717) is 23.1 Å². The van der Waals surface area contributed by atoms with E-state index in [2.05, 4.69) is 15.1 Å². The number of aromatic nitrogens is 3. The van der Waals surface area contributed by atoms with Gasteiger partial charge in [-0.05, 0) is 26.0 Å². The quantitative estimate of drug-likeness (QED) is 0.867. The maximum atomic E-state index is 5.78. The second-order valence-electron chi connectivity index (χ2n) is 4.08. The molecule has 2 N–H and O–H groups in total. The van der Waals surface area contributed by atoms with E-state index in [1.54, 1.807) is 25.4 Å². The van der Waals surface area contributed by atoms with Crippen molar-refractivity contribution in [2.45, 2.75) is 19.4 Å². The molecule has 6 nitrogen and oxygen atoms in total. The molecular weight excluding hydrogens is 220 g/mol. The van der Waals surface area contributed by atoms with Crippen molar-refractivity contribution in [2.24, 2.45) is 0 Å². The molecule has 0 amide bonds. The number of methoxy groups -OCH3 is 1. The maximum absolute atomic E-state index is 5.78.